The van der Waals surface area contributed by atoms with Crippen molar-refractivity contribution in [3.05, 3.63) is 71.0 Å². The first kappa shape index (κ1) is 14.7. The van der Waals surface area contributed by atoms with Crippen LogP contribution in [0.1, 0.15) is 36.1 Å². The Morgan fingerprint density at radius 1 is 1.10 bits per heavy atom. The van der Waals surface area contributed by atoms with Gasteiger partial charge in [-0.05, 0) is 37.9 Å². The average Bonchev–Trinajstić information content (AvgIpc) is 2.47. The van der Waals surface area contributed by atoms with E-state index in [0.29, 0.717) is 0 Å². The van der Waals surface area contributed by atoms with Crippen molar-refractivity contribution < 1.29 is 4.39 Å². The van der Waals surface area contributed by atoms with Gasteiger partial charge in [0.05, 0.1) is 0 Å². The molecule has 20 heavy (non-hydrogen) atoms. The van der Waals surface area contributed by atoms with E-state index in [4.69, 9.17) is 0 Å². The van der Waals surface area contributed by atoms with Gasteiger partial charge in [0.15, 0.2) is 0 Å². The molecule has 0 aliphatic rings. The predicted molar refractivity (Wildman–Crippen MR) is 82.3 cm³/mol. The molecular formula is C18H22FN. The number of benzene rings is 2. The molecule has 2 rings (SSSR count). The summed E-state index contributed by atoms with van der Waals surface area (Å²) < 4.78 is 14.1. The third-order valence-corrected chi connectivity index (χ3v) is 3.45. The van der Waals surface area contributed by atoms with Crippen LogP contribution < -0.4 is 5.32 Å². The van der Waals surface area contributed by atoms with Crippen LogP contribution in [0.4, 0.5) is 4.39 Å². The van der Waals surface area contributed by atoms with Crippen molar-refractivity contribution in [3.8, 4) is 0 Å². The van der Waals surface area contributed by atoms with Crippen LogP contribution in [-0.4, -0.2) is 6.54 Å². The lowest BCUT2D eigenvalue weighted by Crippen LogP contribution is -2.25. The van der Waals surface area contributed by atoms with Gasteiger partial charge in [-0.2, -0.15) is 0 Å². The fourth-order valence-corrected chi connectivity index (χ4v) is 2.39. The Hall–Kier alpha value is -1.67. The fourth-order valence-electron chi connectivity index (χ4n) is 2.39. The molecule has 0 aromatic heterocycles. The molecule has 1 unspecified atom stereocenters. The Morgan fingerprint density at radius 2 is 1.85 bits per heavy atom. The molecule has 0 heterocycles. The first-order valence-corrected chi connectivity index (χ1v) is 7.24. The molecule has 106 valence electrons. The number of aryl methyl sites for hydroxylation is 1. The van der Waals surface area contributed by atoms with Gasteiger partial charge in [-0.3, -0.25) is 0 Å². The van der Waals surface area contributed by atoms with Crippen LogP contribution in [-0.2, 0) is 6.42 Å². The highest BCUT2D eigenvalue weighted by Gasteiger charge is 2.15. The maximum atomic E-state index is 14.1. The zero-order valence-electron chi connectivity index (χ0n) is 12.2. The Balaban J connectivity index is 2.24. The minimum Gasteiger partial charge on any atom is -0.310 e. The van der Waals surface area contributed by atoms with Gasteiger partial charge in [0.2, 0.25) is 0 Å². The molecule has 0 bridgehead atoms. The SMILES string of the molecule is CCCNC(Cc1ccccc1)c1cc(C)ccc1F. The number of hydrogen-bond acceptors (Lipinski definition) is 1. The summed E-state index contributed by atoms with van der Waals surface area (Å²) in [6.45, 7) is 5.02. The van der Waals surface area contributed by atoms with Gasteiger partial charge >= 0.3 is 0 Å². The second-order valence-corrected chi connectivity index (χ2v) is 5.22. The smallest absolute Gasteiger partial charge is 0.128 e. The number of rotatable bonds is 6. The summed E-state index contributed by atoms with van der Waals surface area (Å²) in [6.07, 6.45) is 1.85. The predicted octanol–water partition coefficient (Wildman–Crippen LogP) is 4.42. The molecule has 2 aromatic rings. The molecule has 0 spiro atoms. The molecule has 1 nitrogen and oxygen atoms in total. The molecule has 0 saturated heterocycles. The van der Waals surface area contributed by atoms with E-state index in [1.807, 2.05) is 37.3 Å². The maximum absolute atomic E-state index is 14.1. The van der Waals surface area contributed by atoms with Crippen LogP contribution in [0.15, 0.2) is 48.5 Å². The zero-order chi connectivity index (χ0) is 14.4. The van der Waals surface area contributed by atoms with Crippen LogP contribution >= 0.6 is 0 Å². The molecule has 1 N–H and O–H groups in total. The lowest BCUT2D eigenvalue weighted by molar-refractivity contribution is 0.496. The second-order valence-electron chi connectivity index (χ2n) is 5.22. The molecule has 1 atom stereocenters. The summed E-state index contributed by atoms with van der Waals surface area (Å²) in [5.74, 6) is -0.125. The van der Waals surface area contributed by atoms with Crippen molar-refractivity contribution in [1.29, 1.82) is 0 Å². The molecule has 0 amide bonds. The summed E-state index contributed by atoms with van der Waals surface area (Å²) in [7, 11) is 0. The highest BCUT2D eigenvalue weighted by molar-refractivity contribution is 5.29. The quantitative estimate of drug-likeness (QED) is 0.820. The van der Waals surface area contributed by atoms with Crippen LogP contribution in [0, 0.1) is 12.7 Å². The lowest BCUT2D eigenvalue weighted by atomic mass is 9.97. The number of hydrogen-bond donors (Lipinski definition) is 1. The highest BCUT2D eigenvalue weighted by atomic mass is 19.1. The zero-order valence-corrected chi connectivity index (χ0v) is 12.2. The van der Waals surface area contributed by atoms with Gasteiger partial charge in [0.25, 0.3) is 0 Å². The number of halogens is 1. The minimum absolute atomic E-state index is 0.0252. The average molecular weight is 271 g/mol. The molecule has 0 fully saturated rings. The van der Waals surface area contributed by atoms with E-state index in [9.17, 15) is 4.39 Å². The third kappa shape index (κ3) is 3.91. The standard InChI is InChI=1S/C18H22FN/c1-3-11-20-18(13-15-7-5-4-6-8-15)16-12-14(2)9-10-17(16)19/h4-10,12,18,20H,3,11,13H2,1-2H3. The van der Waals surface area contributed by atoms with Crippen molar-refractivity contribution in [2.45, 2.75) is 32.7 Å². The molecule has 0 radical (unpaired) electrons. The summed E-state index contributed by atoms with van der Waals surface area (Å²) in [5.41, 5.74) is 3.09. The van der Waals surface area contributed by atoms with Gasteiger partial charge in [-0.1, -0.05) is 55.0 Å². The second kappa shape index (κ2) is 7.20. The molecule has 2 heteroatoms. The fraction of sp³-hybridized carbons (Fsp3) is 0.333. The van der Waals surface area contributed by atoms with Gasteiger partial charge in [-0.25, -0.2) is 4.39 Å². The highest BCUT2D eigenvalue weighted by Crippen LogP contribution is 2.22. The first-order chi connectivity index (χ1) is 9.70. The summed E-state index contributed by atoms with van der Waals surface area (Å²) in [4.78, 5) is 0. The van der Waals surface area contributed by atoms with Crippen molar-refractivity contribution >= 4 is 0 Å². The largest absolute Gasteiger partial charge is 0.310 e. The topological polar surface area (TPSA) is 12.0 Å². The Bertz CT molecular complexity index is 536. The first-order valence-electron chi connectivity index (χ1n) is 7.24. The van der Waals surface area contributed by atoms with E-state index in [-0.39, 0.29) is 11.9 Å². The lowest BCUT2D eigenvalue weighted by Gasteiger charge is -2.20. The van der Waals surface area contributed by atoms with Crippen LogP contribution in [0.3, 0.4) is 0 Å². The summed E-state index contributed by atoms with van der Waals surface area (Å²) in [5, 5.41) is 3.46. The van der Waals surface area contributed by atoms with Gasteiger partial charge in [0.1, 0.15) is 5.82 Å². The van der Waals surface area contributed by atoms with Crippen LogP contribution in [0.25, 0.3) is 0 Å². The van der Waals surface area contributed by atoms with E-state index < -0.39 is 0 Å². The molecule has 2 aromatic carbocycles. The van der Waals surface area contributed by atoms with Crippen molar-refractivity contribution in [2.24, 2.45) is 0 Å². The van der Waals surface area contributed by atoms with E-state index in [0.717, 1.165) is 30.5 Å². The van der Waals surface area contributed by atoms with Crippen molar-refractivity contribution in [2.75, 3.05) is 6.54 Å². The van der Waals surface area contributed by atoms with Gasteiger partial charge < -0.3 is 5.32 Å². The Labute approximate surface area is 120 Å². The van der Waals surface area contributed by atoms with Crippen molar-refractivity contribution in [3.63, 3.8) is 0 Å². The van der Waals surface area contributed by atoms with E-state index in [1.54, 1.807) is 6.07 Å². The molecule has 0 aliphatic carbocycles. The van der Waals surface area contributed by atoms with Gasteiger partial charge in [-0.15, -0.1) is 0 Å². The van der Waals surface area contributed by atoms with Crippen LogP contribution in [0.2, 0.25) is 0 Å². The molecule has 0 aliphatic heterocycles. The Kier molecular flexibility index (Phi) is 5.31. The normalized spacial score (nSPS) is 12.3. The monoisotopic (exact) mass is 271 g/mol. The van der Waals surface area contributed by atoms with E-state index in [2.05, 4.69) is 24.4 Å². The minimum atomic E-state index is -0.125. The Morgan fingerprint density at radius 3 is 2.55 bits per heavy atom. The van der Waals surface area contributed by atoms with Crippen molar-refractivity contribution in [1.82, 2.24) is 5.32 Å². The van der Waals surface area contributed by atoms with Gasteiger partial charge in [0, 0.05) is 11.6 Å². The van der Waals surface area contributed by atoms with Crippen LogP contribution in [0.5, 0.6) is 0 Å². The molecule has 0 saturated carbocycles. The number of nitrogens with one attached hydrogen (secondary N) is 1. The van der Waals surface area contributed by atoms with E-state index in [1.165, 1.54) is 5.56 Å². The molecular weight excluding hydrogens is 249 g/mol. The maximum Gasteiger partial charge on any atom is 0.128 e. The summed E-state index contributed by atoms with van der Waals surface area (Å²) in [6, 6.07) is 15.6. The summed E-state index contributed by atoms with van der Waals surface area (Å²) >= 11 is 0. The van der Waals surface area contributed by atoms with E-state index >= 15 is 0 Å². The third-order valence-electron chi connectivity index (χ3n) is 3.45.